The van der Waals surface area contributed by atoms with Gasteiger partial charge < -0.3 is 10.6 Å². The van der Waals surface area contributed by atoms with Gasteiger partial charge in [0, 0.05) is 35.3 Å². The van der Waals surface area contributed by atoms with Crippen LogP contribution in [0, 0.1) is 25.7 Å². The highest BCUT2D eigenvalue weighted by molar-refractivity contribution is 6.39. The molecule has 3 aromatic carbocycles. The molecule has 5 rings (SSSR count). The Labute approximate surface area is 231 Å². The monoisotopic (exact) mass is 536 g/mol. The fourth-order valence-corrected chi connectivity index (χ4v) is 5.13. The maximum atomic E-state index is 13.1. The summed E-state index contributed by atoms with van der Waals surface area (Å²) in [7, 11) is 0. The molecule has 0 bridgehead atoms. The molecule has 0 spiro atoms. The van der Waals surface area contributed by atoms with Crippen LogP contribution in [0.3, 0.4) is 0 Å². The molecule has 0 aromatic heterocycles. The molecule has 0 saturated heterocycles. The van der Waals surface area contributed by atoms with Gasteiger partial charge in [-0.2, -0.15) is 0 Å². The zero-order chi connectivity index (χ0) is 28.6. The van der Waals surface area contributed by atoms with E-state index >= 15 is 0 Å². The van der Waals surface area contributed by atoms with E-state index in [1.807, 2.05) is 62.4 Å². The van der Waals surface area contributed by atoms with E-state index in [-0.39, 0.29) is 35.3 Å². The van der Waals surface area contributed by atoms with Gasteiger partial charge >= 0.3 is 0 Å². The Morgan fingerprint density at radius 2 is 0.850 bits per heavy atom. The fourth-order valence-electron chi connectivity index (χ4n) is 5.13. The van der Waals surface area contributed by atoms with E-state index in [0.717, 1.165) is 22.3 Å². The van der Waals surface area contributed by atoms with Crippen LogP contribution in [0.25, 0.3) is 0 Å². The molecule has 0 unspecified atom stereocenters. The highest BCUT2D eigenvalue weighted by atomic mass is 16.2. The van der Waals surface area contributed by atoms with Crippen molar-refractivity contribution in [3.05, 3.63) is 105 Å². The third kappa shape index (κ3) is 5.00. The standard InChI is InChI=1S/C32H28N2O6/c1-17-3-7-19(8-4-17)11-13-33-31(39)25-27(35)21-15-23-24(16-22(21)28(25)36)30(38)26(29(23)37)32(40)34-14-12-20-9-5-18(2)6-10-20/h3-10,15-16,25-26H,11-14H2,1-2H3,(H,33,39)(H,34,40). The Morgan fingerprint density at radius 1 is 0.550 bits per heavy atom. The predicted octanol–water partition coefficient (Wildman–Crippen LogP) is 3.01. The number of hydrogen-bond acceptors (Lipinski definition) is 6. The fraction of sp³-hybridized carbons (Fsp3) is 0.250. The van der Waals surface area contributed by atoms with Crippen molar-refractivity contribution < 1.29 is 28.8 Å². The van der Waals surface area contributed by atoms with Crippen molar-refractivity contribution in [3.8, 4) is 0 Å². The van der Waals surface area contributed by atoms with Crippen molar-refractivity contribution in [2.75, 3.05) is 13.1 Å². The number of carbonyl (C=O) groups excluding carboxylic acids is 6. The van der Waals surface area contributed by atoms with Gasteiger partial charge in [0.25, 0.3) is 0 Å². The van der Waals surface area contributed by atoms with E-state index in [4.69, 9.17) is 0 Å². The van der Waals surface area contributed by atoms with Gasteiger partial charge in [-0.3, -0.25) is 28.8 Å². The molecule has 202 valence electrons. The minimum atomic E-state index is -1.57. The highest BCUT2D eigenvalue weighted by Crippen LogP contribution is 2.35. The van der Waals surface area contributed by atoms with Gasteiger partial charge in [-0.05, 0) is 49.9 Å². The van der Waals surface area contributed by atoms with Gasteiger partial charge in [0.1, 0.15) is 0 Å². The van der Waals surface area contributed by atoms with E-state index < -0.39 is 46.8 Å². The summed E-state index contributed by atoms with van der Waals surface area (Å²) in [6.07, 6.45) is 1.06. The summed E-state index contributed by atoms with van der Waals surface area (Å²) in [5.74, 6) is -7.46. The molecule has 0 heterocycles. The Bertz CT molecular complexity index is 1400. The number of benzene rings is 3. The molecular weight excluding hydrogens is 508 g/mol. The number of carbonyl (C=O) groups is 6. The van der Waals surface area contributed by atoms with Crippen LogP contribution in [0.2, 0.25) is 0 Å². The third-order valence-electron chi connectivity index (χ3n) is 7.46. The van der Waals surface area contributed by atoms with Gasteiger partial charge in [0.05, 0.1) is 0 Å². The first-order valence-electron chi connectivity index (χ1n) is 13.2. The molecule has 8 nitrogen and oxygen atoms in total. The van der Waals surface area contributed by atoms with Crippen LogP contribution in [0.4, 0.5) is 0 Å². The Kier molecular flexibility index (Phi) is 7.26. The molecule has 8 heteroatoms. The van der Waals surface area contributed by atoms with E-state index in [1.165, 1.54) is 12.1 Å². The lowest BCUT2D eigenvalue weighted by atomic mass is 10.0. The van der Waals surface area contributed by atoms with E-state index in [9.17, 15) is 28.8 Å². The molecule has 2 N–H and O–H groups in total. The number of fused-ring (bicyclic) bond motifs is 2. The quantitative estimate of drug-likeness (QED) is 0.426. The van der Waals surface area contributed by atoms with Crippen molar-refractivity contribution in [1.82, 2.24) is 10.6 Å². The number of aryl methyl sites for hydroxylation is 2. The van der Waals surface area contributed by atoms with Crippen molar-refractivity contribution in [3.63, 3.8) is 0 Å². The van der Waals surface area contributed by atoms with Crippen molar-refractivity contribution in [1.29, 1.82) is 0 Å². The van der Waals surface area contributed by atoms with Crippen LogP contribution in [0.15, 0.2) is 60.7 Å². The van der Waals surface area contributed by atoms with E-state index in [1.54, 1.807) is 0 Å². The van der Waals surface area contributed by atoms with E-state index in [0.29, 0.717) is 12.8 Å². The van der Waals surface area contributed by atoms with Crippen molar-refractivity contribution in [2.45, 2.75) is 26.7 Å². The lowest BCUT2D eigenvalue weighted by molar-refractivity contribution is -0.123. The van der Waals surface area contributed by atoms with E-state index in [2.05, 4.69) is 10.6 Å². The number of ketones is 4. The van der Waals surface area contributed by atoms with Crippen LogP contribution < -0.4 is 10.6 Å². The summed E-state index contributed by atoms with van der Waals surface area (Å²) in [6, 6.07) is 18.0. The maximum absolute atomic E-state index is 13.1. The minimum Gasteiger partial charge on any atom is -0.355 e. The molecule has 0 radical (unpaired) electrons. The molecule has 2 aliphatic carbocycles. The number of nitrogens with one attached hydrogen (secondary N) is 2. The Hall–Kier alpha value is -4.72. The van der Waals surface area contributed by atoms with Crippen LogP contribution in [0.5, 0.6) is 0 Å². The molecule has 2 amide bonds. The normalized spacial score (nSPS) is 14.8. The molecule has 40 heavy (non-hydrogen) atoms. The molecule has 0 saturated carbocycles. The zero-order valence-corrected chi connectivity index (χ0v) is 22.2. The number of hydrogen-bond donors (Lipinski definition) is 2. The zero-order valence-electron chi connectivity index (χ0n) is 22.2. The lowest BCUT2D eigenvalue weighted by Gasteiger charge is -2.09. The summed E-state index contributed by atoms with van der Waals surface area (Å²) in [6.45, 7) is 4.42. The SMILES string of the molecule is Cc1ccc(CCNC(=O)C2C(=O)c3cc4c(cc3C2=O)C(=O)C(C(=O)NCCc2ccc(C)cc2)C4=O)cc1. The molecule has 2 aliphatic rings. The number of amides is 2. The molecule has 0 fully saturated rings. The second kappa shape index (κ2) is 10.8. The molecule has 0 aliphatic heterocycles. The minimum absolute atomic E-state index is 0.0796. The second-order valence-electron chi connectivity index (χ2n) is 10.3. The van der Waals surface area contributed by atoms with Gasteiger partial charge in [0.2, 0.25) is 11.8 Å². The van der Waals surface area contributed by atoms with Crippen LogP contribution >= 0.6 is 0 Å². The predicted molar refractivity (Wildman–Crippen MR) is 147 cm³/mol. The summed E-state index contributed by atoms with van der Waals surface area (Å²) in [5, 5.41) is 5.29. The average molecular weight is 537 g/mol. The second-order valence-corrected chi connectivity index (χ2v) is 10.3. The average Bonchev–Trinajstić information content (AvgIpc) is 3.33. The topological polar surface area (TPSA) is 126 Å². The van der Waals surface area contributed by atoms with Gasteiger partial charge in [-0.25, -0.2) is 0 Å². The first-order valence-corrected chi connectivity index (χ1v) is 13.2. The number of rotatable bonds is 8. The summed E-state index contributed by atoms with van der Waals surface area (Å²) in [4.78, 5) is 77.8. The molecular formula is C32H28N2O6. The largest absolute Gasteiger partial charge is 0.355 e. The van der Waals surface area contributed by atoms with Gasteiger partial charge in [0.15, 0.2) is 35.0 Å². The summed E-state index contributed by atoms with van der Waals surface area (Å²) < 4.78 is 0. The van der Waals surface area contributed by atoms with Crippen LogP contribution in [0.1, 0.15) is 63.7 Å². The van der Waals surface area contributed by atoms with Crippen molar-refractivity contribution >= 4 is 34.9 Å². The van der Waals surface area contributed by atoms with Gasteiger partial charge in [-0.1, -0.05) is 59.7 Å². The van der Waals surface area contributed by atoms with Gasteiger partial charge in [-0.15, -0.1) is 0 Å². The van der Waals surface area contributed by atoms with Crippen LogP contribution in [-0.2, 0) is 22.4 Å². The third-order valence-corrected chi connectivity index (χ3v) is 7.46. The molecule has 3 aromatic rings. The number of Topliss-reactive ketones (excluding diaryl/α,β-unsaturated/α-hetero) is 4. The van der Waals surface area contributed by atoms with Crippen molar-refractivity contribution in [2.24, 2.45) is 11.8 Å². The highest BCUT2D eigenvalue weighted by Gasteiger charge is 2.48. The maximum Gasteiger partial charge on any atom is 0.238 e. The lowest BCUT2D eigenvalue weighted by Crippen LogP contribution is -2.38. The summed E-state index contributed by atoms with van der Waals surface area (Å²) >= 11 is 0. The first-order chi connectivity index (χ1) is 19.2. The summed E-state index contributed by atoms with van der Waals surface area (Å²) in [5.41, 5.74) is 3.91. The first kappa shape index (κ1) is 26.9. The smallest absolute Gasteiger partial charge is 0.238 e. The molecule has 0 atom stereocenters. The van der Waals surface area contributed by atoms with Crippen LogP contribution in [-0.4, -0.2) is 48.0 Å². The Balaban J connectivity index is 1.24. The Morgan fingerprint density at radius 3 is 1.15 bits per heavy atom.